The smallest absolute Gasteiger partial charge is 0.126 e. The molecule has 1 N–H and O–H groups in total. The maximum absolute atomic E-state index is 10.1. The second-order valence-corrected chi connectivity index (χ2v) is 5.55. The van der Waals surface area contributed by atoms with Crippen molar-refractivity contribution in [2.24, 2.45) is 5.92 Å². The lowest BCUT2D eigenvalue weighted by Crippen LogP contribution is -2.28. The van der Waals surface area contributed by atoms with Gasteiger partial charge in [0.2, 0.25) is 0 Å². The van der Waals surface area contributed by atoms with Gasteiger partial charge in [-0.25, -0.2) is 0 Å². The zero-order chi connectivity index (χ0) is 11.8. The second kappa shape index (κ2) is 4.51. The summed E-state index contributed by atoms with van der Waals surface area (Å²) in [6.45, 7) is 0.738. The Morgan fingerprint density at radius 3 is 2.94 bits per heavy atom. The SMILES string of the molecule is OC(Cc1cc(Cl)cc2c1OCC2)C1CCC1. The molecule has 1 fully saturated rings. The zero-order valence-electron chi connectivity index (χ0n) is 9.79. The van der Waals surface area contributed by atoms with Crippen LogP contribution in [0.1, 0.15) is 30.4 Å². The minimum absolute atomic E-state index is 0.240. The predicted octanol–water partition coefficient (Wildman–Crippen LogP) is 2.98. The highest BCUT2D eigenvalue weighted by Gasteiger charge is 2.27. The molecule has 0 bridgehead atoms. The molecule has 3 heteroatoms. The molecule has 0 aromatic heterocycles. The quantitative estimate of drug-likeness (QED) is 0.896. The number of aliphatic hydroxyl groups is 1. The summed E-state index contributed by atoms with van der Waals surface area (Å²) in [4.78, 5) is 0. The van der Waals surface area contributed by atoms with E-state index in [1.165, 1.54) is 12.0 Å². The fraction of sp³-hybridized carbons (Fsp3) is 0.571. The summed E-state index contributed by atoms with van der Waals surface area (Å²) in [7, 11) is 0. The van der Waals surface area contributed by atoms with E-state index in [2.05, 4.69) is 0 Å². The predicted molar refractivity (Wildman–Crippen MR) is 67.7 cm³/mol. The molecule has 1 aromatic rings. The standard InChI is InChI=1S/C14H17ClO2/c15-12-6-10-4-5-17-14(10)11(7-12)8-13(16)9-2-1-3-9/h6-7,9,13,16H,1-5,8H2. The highest BCUT2D eigenvalue weighted by Crippen LogP contribution is 2.36. The Morgan fingerprint density at radius 2 is 2.24 bits per heavy atom. The normalized spacial score (nSPS) is 20.6. The fourth-order valence-corrected chi connectivity index (χ4v) is 2.98. The fourth-order valence-electron chi connectivity index (χ4n) is 2.71. The van der Waals surface area contributed by atoms with E-state index in [1.54, 1.807) is 0 Å². The van der Waals surface area contributed by atoms with Gasteiger partial charge in [-0.1, -0.05) is 18.0 Å². The van der Waals surface area contributed by atoms with Crippen molar-refractivity contribution in [2.45, 2.75) is 38.2 Å². The van der Waals surface area contributed by atoms with Crippen LogP contribution in [0.4, 0.5) is 0 Å². The van der Waals surface area contributed by atoms with Crippen LogP contribution in [0.3, 0.4) is 0 Å². The Bertz CT molecular complexity index is 426. The number of rotatable bonds is 3. The van der Waals surface area contributed by atoms with Crippen LogP contribution in [0.5, 0.6) is 5.75 Å². The molecule has 1 heterocycles. The molecule has 1 aliphatic carbocycles. The minimum atomic E-state index is -0.240. The third-order valence-corrected chi connectivity index (χ3v) is 4.17. The molecule has 3 rings (SSSR count). The van der Waals surface area contributed by atoms with Crippen LogP contribution < -0.4 is 4.74 Å². The van der Waals surface area contributed by atoms with Crippen molar-refractivity contribution in [1.29, 1.82) is 0 Å². The summed E-state index contributed by atoms with van der Waals surface area (Å²) < 4.78 is 5.65. The zero-order valence-corrected chi connectivity index (χ0v) is 10.5. The van der Waals surface area contributed by atoms with Crippen LogP contribution in [0.25, 0.3) is 0 Å². The topological polar surface area (TPSA) is 29.5 Å². The summed E-state index contributed by atoms with van der Waals surface area (Å²) in [5.74, 6) is 1.44. The molecule has 1 aliphatic heterocycles. The molecule has 2 nitrogen and oxygen atoms in total. The lowest BCUT2D eigenvalue weighted by Gasteiger charge is -2.30. The van der Waals surface area contributed by atoms with E-state index in [0.717, 1.165) is 42.2 Å². The molecule has 1 atom stereocenters. The number of halogens is 1. The first-order chi connectivity index (χ1) is 8.24. The van der Waals surface area contributed by atoms with Gasteiger partial charge in [0.15, 0.2) is 0 Å². The van der Waals surface area contributed by atoms with Crippen LogP contribution in [-0.4, -0.2) is 17.8 Å². The van der Waals surface area contributed by atoms with Gasteiger partial charge in [-0.2, -0.15) is 0 Å². The number of hydrogen-bond acceptors (Lipinski definition) is 2. The van der Waals surface area contributed by atoms with Crippen LogP contribution in [0, 0.1) is 5.92 Å². The third kappa shape index (κ3) is 2.16. The van der Waals surface area contributed by atoms with Crippen LogP contribution >= 0.6 is 11.6 Å². The highest BCUT2D eigenvalue weighted by molar-refractivity contribution is 6.30. The Kier molecular flexibility index (Phi) is 3.01. The van der Waals surface area contributed by atoms with Crippen LogP contribution in [0.2, 0.25) is 5.02 Å². The van der Waals surface area contributed by atoms with Gasteiger partial charge in [0.25, 0.3) is 0 Å². The largest absolute Gasteiger partial charge is 0.493 e. The van der Waals surface area contributed by atoms with E-state index in [0.29, 0.717) is 12.3 Å². The molecular formula is C14H17ClO2. The lowest BCUT2D eigenvalue weighted by atomic mass is 9.79. The summed E-state index contributed by atoms with van der Waals surface area (Å²) in [6.07, 6.45) is 4.94. The van der Waals surface area contributed by atoms with Crippen molar-refractivity contribution in [3.63, 3.8) is 0 Å². The second-order valence-electron chi connectivity index (χ2n) is 5.11. The van der Waals surface area contributed by atoms with Gasteiger partial charge < -0.3 is 9.84 Å². The molecule has 0 amide bonds. The first-order valence-corrected chi connectivity index (χ1v) is 6.74. The Hall–Kier alpha value is -0.730. The molecule has 1 aromatic carbocycles. The van der Waals surface area contributed by atoms with Crippen molar-refractivity contribution < 1.29 is 9.84 Å². The Labute approximate surface area is 107 Å². The van der Waals surface area contributed by atoms with E-state index >= 15 is 0 Å². The first kappa shape index (κ1) is 11.4. The van der Waals surface area contributed by atoms with Gasteiger partial charge >= 0.3 is 0 Å². The van der Waals surface area contributed by atoms with E-state index in [1.807, 2.05) is 12.1 Å². The number of fused-ring (bicyclic) bond motifs is 1. The third-order valence-electron chi connectivity index (χ3n) is 3.95. The van der Waals surface area contributed by atoms with Crippen molar-refractivity contribution in [1.82, 2.24) is 0 Å². The number of hydrogen-bond donors (Lipinski definition) is 1. The van der Waals surface area contributed by atoms with Gasteiger partial charge in [-0.3, -0.25) is 0 Å². The van der Waals surface area contributed by atoms with E-state index in [-0.39, 0.29) is 6.10 Å². The summed E-state index contributed by atoms with van der Waals surface area (Å²) in [6, 6.07) is 3.91. The van der Waals surface area contributed by atoms with Crippen molar-refractivity contribution >= 4 is 11.6 Å². The van der Waals surface area contributed by atoms with Gasteiger partial charge in [-0.05, 0) is 42.0 Å². The van der Waals surface area contributed by atoms with Crippen LogP contribution in [0.15, 0.2) is 12.1 Å². The molecule has 1 saturated carbocycles. The highest BCUT2D eigenvalue weighted by atomic mass is 35.5. The molecule has 0 saturated heterocycles. The molecular weight excluding hydrogens is 236 g/mol. The number of benzene rings is 1. The summed E-state index contributed by atoms with van der Waals surface area (Å²) in [5.41, 5.74) is 2.26. The van der Waals surface area contributed by atoms with Gasteiger partial charge in [0, 0.05) is 17.9 Å². The maximum Gasteiger partial charge on any atom is 0.126 e. The molecule has 0 radical (unpaired) electrons. The molecule has 0 spiro atoms. The van der Waals surface area contributed by atoms with Crippen molar-refractivity contribution in [3.05, 3.63) is 28.3 Å². The number of aliphatic hydroxyl groups excluding tert-OH is 1. The maximum atomic E-state index is 10.1. The van der Waals surface area contributed by atoms with Crippen molar-refractivity contribution in [2.75, 3.05) is 6.61 Å². The van der Waals surface area contributed by atoms with Gasteiger partial charge in [0.05, 0.1) is 12.7 Å². The average molecular weight is 253 g/mol. The molecule has 1 unspecified atom stereocenters. The van der Waals surface area contributed by atoms with E-state index in [4.69, 9.17) is 16.3 Å². The van der Waals surface area contributed by atoms with Crippen molar-refractivity contribution in [3.8, 4) is 5.75 Å². The first-order valence-electron chi connectivity index (χ1n) is 6.36. The van der Waals surface area contributed by atoms with E-state index in [9.17, 15) is 5.11 Å². The minimum Gasteiger partial charge on any atom is -0.493 e. The van der Waals surface area contributed by atoms with E-state index < -0.39 is 0 Å². The monoisotopic (exact) mass is 252 g/mol. The van der Waals surface area contributed by atoms with Crippen LogP contribution in [-0.2, 0) is 12.8 Å². The average Bonchev–Trinajstić information content (AvgIpc) is 2.62. The summed E-state index contributed by atoms with van der Waals surface area (Å²) in [5, 5.41) is 10.9. The van der Waals surface area contributed by atoms with Gasteiger partial charge in [-0.15, -0.1) is 0 Å². The Morgan fingerprint density at radius 1 is 1.41 bits per heavy atom. The van der Waals surface area contributed by atoms with Gasteiger partial charge in [0.1, 0.15) is 5.75 Å². The lowest BCUT2D eigenvalue weighted by molar-refractivity contribution is 0.0625. The Balaban J connectivity index is 1.82. The summed E-state index contributed by atoms with van der Waals surface area (Å²) >= 11 is 6.10. The molecule has 92 valence electrons. The molecule has 2 aliphatic rings. The molecule has 17 heavy (non-hydrogen) atoms. The number of ether oxygens (including phenoxy) is 1.